The van der Waals surface area contributed by atoms with Gasteiger partial charge >= 0.3 is 5.69 Å². The third-order valence-electron chi connectivity index (χ3n) is 4.31. The van der Waals surface area contributed by atoms with E-state index in [0.29, 0.717) is 28.3 Å². The van der Waals surface area contributed by atoms with Gasteiger partial charge in [0.15, 0.2) is 11.4 Å². The maximum absolute atomic E-state index is 12.1. The van der Waals surface area contributed by atoms with Crippen molar-refractivity contribution in [3.63, 3.8) is 0 Å². The summed E-state index contributed by atoms with van der Waals surface area (Å²) >= 11 is 0. The molecule has 4 rings (SSSR count). The van der Waals surface area contributed by atoms with E-state index in [2.05, 4.69) is 15.1 Å². The first-order chi connectivity index (χ1) is 13.6. The predicted octanol–water partition coefficient (Wildman–Crippen LogP) is 3.38. The lowest BCUT2D eigenvalue weighted by molar-refractivity contribution is -0.383. The standard InChI is InChI=1S/C19H15N5O4/c1-27-14-7-3-12(4-8-14)16-18(24(25)26)17(23-19(22-16)20-11-21-23)13-5-9-15(28-2)10-6-13/h3-11H,1-2H3. The number of nitro groups is 1. The van der Waals surface area contributed by atoms with Gasteiger partial charge in [0.05, 0.1) is 19.1 Å². The summed E-state index contributed by atoms with van der Waals surface area (Å²) in [6.07, 6.45) is 1.32. The number of aromatic nitrogens is 4. The number of hydrogen-bond acceptors (Lipinski definition) is 7. The van der Waals surface area contributed by atoms with E-state index in [4.69, 9.17) is 9.47 Å². The second-order valence-electron chi connectivity index (χ2n) is 5.84. The Labute approximate surface area is 159 Å². The van der Waals surface area contributed by atoms with Gasteiger partial charge in [0, 0.05) is 11.1 Å². The lowest BCUT2D eigenvalue weighted by Crippen LogP contribution is -2.05. The molecular weight excluding hydrogens is 362 g/mol. The molecule has 0 amide bonds. The summed E-state index contributed by atoms with van der Waals surface area (Å²) in [5.74, 6) is 1.55. The van der Waals surface area contributed by atoms with Crippen LogP contribution in [-0.4, -0.2) is 38.7 Å². The van der Waals surface area contributed by atoms with E-state index in [1.54, 1.807) is 62.8 Å². The van der Waals surface area contributed by atoms with E-state index in [9.17, 15) is 10.1 Å². The average molecular weight is 377 g/mol. The summed E-state index contributed by atoms with van der Waals surface area (Å²) in [6, 6.07) is 13.8. The van der Waals surface area contributed by atoms with Gasteiger partial charge in [0.1, 0.15) is 17.8 Å². The first kappa shape index (κ1) is 17.4. The summed E-state index contributed by atoms with van der Waals surface area (Å²) < 4.78 is 11.7. The highest BCUT2D eigenvalue weighted by Gasteiger charge is 2.28. The molecule has 0 saturated carbocycles. The van der Waals surface area contributed by atoms with E-state index < -0.39 is 4.92 Å². The maximum Gasteiger partial charge on any atom is 0.321 e. The smallest absolute Gasteiger partial charge is 0.321 e. The van der Waals surface area contributed by atoms with Crippen LogP contribution in [0.25, 0.3) is 28.3 Å². The molecule has 0 aliphatic heterocycles. The number of ether oxygens (including phenoxy) is 2. The molecule has 9 heteroatoms. The first-order valence-corrected chi connectivity index (χ1v) is 8.29. The fourth-order valence-electron chi connectivity index (χ4n) is 2.97. The molecule has 2 aromatic carbocycles. The molecule has 0 N–H and O–H groups in total. The molecule has 0 saturated heterocycles. The maximum atomic E-state index is 12.1. The largest absolute Gasteiger partial charge is 0.497 e. The summed E-state index contributed by atoms with van der Waals surface area (Å²) in [5, 5.41) is 16.2. The van der Waals surface area contributed by atoms with Gasteiger partial charge in [0.25, 0.3) is 5.78 Å². The van der Waals surface area contributed by atoms with Gasteiger partial charge in [-0.3, -0.25) is 10.1 Å². The Hall–Kier alpha value is -4.01. The van der Waals surface area contributed by atoms with Crippen molar-refractivity contribution in [1.82, 2.24) is 19.6 Å². The summed E-state index contributed by atoms with van der Waals surface area (Å²) in [4.78, 5) is 20.1. The zero-order valence-corrected chi connectivity index (χ0v) is 15.1. The number of methoxy groups -OCH3 is 2. The van der Waals surface area contributed by atoms with Gasteiger partial charge in [0.2, 0.25) is 0 Å². The summed E-state index contributed by atoms with van der Waals surface area (Å²) in [5.41, 5.74) is 1.51. The molecule has 2 heterocycles. The number of fused-ring (bicyclic) bond motifs is 1. The third-order valence-corrected chi connectivity index (χ3v) is 4.31. The van der Waals surface area contributed by atoms with Gasteiger partial charge in [-0.25, -0.2) is 4.98 Å². The second-order valence-corrected chi connectivity index (χ2v) is 5.84. The van der Waals surface area contributed by atoms with Gasteiger partial charge in [-0.15, -0.1) is 0 Å². The molecule has 0 spiro atoms. The quantitative estimate of drug-likeness (QED) is 0.388. The van der Waals surface area contributed by atoms with Crippen LogP contribution in [0.3, 0.4) is 0 Å². The minimum absolute atomic E-state index is 0.159. The molecular formula is C19H15N5O4. The molecule has 28 heavy (non-hydrogen) atoms. The van der Waals surface area contributed by atoms with Crippen LogP contribution >= 0.6 is 0 Å². The summed E-state index contributed by atoms with van der Waals surface area (Å²) in [7, 11) is 3.11. The van der Waals surface area contributed by atoms with Crippen molar-refractivity contribution in [2.24, 2.45) is 0 Å². The van der Waals surface area contributed by atoms with Crippen molar-refractivity contribution in [1.29, 1.82) is 0 Å². The zero-order valence-electron chi connectivity index (χ0n) is 15.1. The highest BCUT2D eigenvalue weighted by atomic mass is 16.6. The van der Waals surface area contributed by atoms with Crippen molar-refractivity contribution in [3.05, 3.63) is 65.0 Å². The molecule has 0 unspecified atom stereocenters. The van der Waals surface area contributed by atoms with Gasteiger partial charge in [-0.05, 0) is 48.5 Å². The highest BCUT2D eigenvalue weighted by Crippen LogP contribution is 2.38. The molecule has 140 valence electrons. The van der Waals surface area contributed by atoms with E-state index in [-0.39, 0.29) is 17.2 Å². The van der Waals surface area contributed by atoms with Gasteiger partial charge < -0.3 is 9.47 Å². The van der Waals surface area contributed by atoms with Crippen molar-refractivity contribution < 1.29 is 14.4 Å². The topological polar surface area (TPSA) is 105 Å². The van der Waals surface area contributed by atoms with Crippen molar-refractivity contribution in [3.8, 4) is 34.0 Å². The van der Waals surface area contributed by atoms with Crippen LogP contribution in [0.2, 0.25) is 0 Å². The van der Waals surface area contributed by atoms with Crippen LogP contribution in [0.15, 0.2) is 54.9 Å². The molecule has 0 radical (unpaired) electrons. The highest BCUT2D eigenvalue weighted by molar-refractivity contribution is 5.83. The molecule has 9 nitrogen and oxygen atoms in total. The van der Waals surface area contributed by atoms with E-state index in [0.717, 1.165) is 0 Å². The van der Waals surface area contributed by atoms with E-state index >= 15 is 0 Å². The number of benzene rings is 2. The Balaban J connectivity index is 2.02. The zero-order chi connectivity index (χ0) is 19.7. The van der Waals surface area contributed by atoms with Crippen LogP contribution in [-0.2, 0) is 0 Å². The molecule has 0 bridgehead atoms. The molecule has 0 aliphatic rings. The lowest BCUT2D eigenvalue weighted by atomic mass is 10.0. The first-order valence-electron chi connectivity index (χ1n) is 8.29. The molecule has 2 aromatic heterocycles. The minimum Gasteiger partial charge on any atom is -0.497 e. The summed E-state index contributed by atoms with van der Waals surface area (Å²) in [6.45, 7) is 0. The van der Waals surface area contributed by atoms with Crippen LogP contribution < -0.4 is 9.47 Å². The Bertz CT molecular complexity index is 1150. The van der Waals surface area contributed by atoms with Crippen molar-refractivity contribution in [2.75, 3.05) is 14.2 Å². The number of rotatable bonds is 5. The molecule has 0 aliphatic carbocycles. The van der Waals surface area contributed by atoms with Crippen LogP contribution in [0.5, 0.6) is 11.5 Å². The Morgan fingerprint density at radius 1 is 0.929 bits per heavy atom. The fraction of sp³-hybridized carbons (Fsp3) is 0.105. The monoisotopic (exact) mass is 377 g/mol. The molecule has 0 fully saturated rings. The molecule has 0 atom stereocenters. The average Bonchev–Trinajstić information content (AvgIpc) is 3.21. The number of nitrogens with zero attached hydrogens (tertiary/aromatic N) is 5. The second kappa shape index (κ2) is 6.95. The van der Waals surface area contributed by atoms with Gasteiger partial charge in [-0.2, -0.15) is 14.6 Å². The molecule has 4 aromatic rings. The Kier molecular flexibility index (Phi) is 4.32. The van der Waals surface area contributed by atoms with Crippen LogP contribution in [0, 0.1) is 10.1 Å². The SMILES string of the molecule is COc1ccc(-c2nc3ncnn3c(-c3ccc(OC)cc3)c2[N+](=O)[O-])cc1. The normalized spacial score (nSPS) is 10.8. The van der Waals surface area contributed by atoms with Crippen molar-refractivity contribution >= 4 is 11.5 Å². The van der Waals surface area contributed by atoms with E-state index in [1.807, 2.05) is 0 Å². The third kappa shape index (κ3) is 2.88. The Morgan fingerprint density at radius 2 is 1.50 bits per heavy atom. The minimum atomic E-state index is -0.451. The van der Waals surface area contributed by atoms with E-state index in [1.165, 1.54) is 10.8 Å². The lowest BCUT2D eigenvalue weighted by Gasteiger charge is -2.10. The van der Waals surface area contributed by atoms with Crippen LogP contribution in [0.4, 0.5) is 5.69 Å². The van der Waals surface area contributed by atoms with Crippen molar-refractivity contribution in [2.45, 2.75) is 0 Å². The van der Waals surface area contributed by atoms with Gasteiger partial charge in [-0.1, -0.05) is 0 Å². The fourth-order valence-corrected chi connectivity index (χ4v) is 2.97. The number of hydrogen-bond donors (Lipinski definition) is 0. The van der Waals surface area contributed by atoms with Crippen LogP contribution in [0.1, 0.15) is 0 Å². The Morgan fingerprint density at radius 3 is 2.04 bits per heavy atom. The predicted molar refractivity (Wildman–Crippen MR) is 101 cm³/mol.